The lowest BCUT2D eigenvalue weighted by Crippen LogP contribution is -2.46. The molecule has 0 aliphatic carbocycles. The highest BCUT2D eigenvalue weighted by molar-refractivity contribution is 5.75. The number of H-pyrrole nitrogens is 1. The first-order chi connectivity index (χ1) is 14.9. The summed E-state index contributed by atoms with van der Waals surface area (Å²) in [7, 11) is 0. The number of piperidine rings is 1. The van der Waals surface area contributed by atoms with Gasteiger partial charge in [-0.2, -0.15) is 18.3 Å². The molecule has 0 saturated carbocycles. The number of amides is 2. The molecule has 8 nitrogen and oxygen atoms in total. The zero-order valence-corrected chi connectivity index (χ0v) is 17.0. The second kappa shape index (κ2) is 9.21. The molecule has 4 heterocycles. The predicted octanol–water partition coefficient (Wildman–Crippen LogP) is 3.06. The zero-order valence-electron chi connectivity index (χ0n) is 17.0. The molecular formula is C20H25F3N6O2. The van der Waals surface area contributed by atoms with E-state index in [-0.39, 0.29) is 18.6 Å². The molecule has 11 heteroatoms. The number of carbonyl (C=O) groups is 1. The minimum absolute atomic E-state index is 0.0669. The summed E-state index contributed by atoms with van der Waals surface area (Å²) in [5, 5.41) is 6.77. The number of aromatic nitrogens is 4. The van der Waals surface area contributed by atoms with Crippen molar-refractivity contribution >= 4 is 6.03 Å². The highest BCUT2D eigenvalue weighted by Crippen LogP contribution is 2.28. The summed E-state index contributed by atoms with van der Waals surface area (Å²) in [5.41, 5.74) is -0.297. The standard InChI is InChI=1S/C20H25F3N6O2/c21-20(22,23)17-2-1-15(9-24-17)12-31-11-14-3-6-28(7-4-14)19(30)29-8-5-16(10-29)18-25-13-26-27-18/h1-2,9,13-14,16H,3-8,10-12H2,(H,25,26,27)/t16-/m0/s1. The Morgan fingerprint density at radius 2 is 1.90 bits per heavy atom. The van der Waals surface area contributed by atoms with Crippen molar-refractivity contribution in [2.75, 3.05) is 32.8 Å². The maximum atomic E-state index is 12.8. The molecule has 0 aromatic carbocycles. The van der Waals surface area contributed by atoms with E-state index < -0.39 is 11.9 Å². The molecule has 31 heavy (non-hydrogen) atoms. The third-order valence-corrected chi connectivity index (χ3v) is 5.90. The lowest BCUT2D eigenvalue weighted by atomic mass is 9.98. The Morgan fingerprint density at radius 3 is 2.55 bits per heavy atom. The van der Waals surface area contributed by atoms with E-state index in [1.165, 1.54) is 18.6 Å². The number of likely N-dealkylation sites (tertiary alicyclic amines) is 2. The highest BCUT2D eigenvalue weighted by Gasteiger charge is 2.33. The van der Waals surface area contributed by atoms with Gasteiger partial charge >= 0.3 is 12.2 Å². The molecule has 0 spiro atoms. The number of pyridine rings is 1. The van der Waals surface area contributed by atoms with Gasteiger partial charge in [0.15, 0.2) is 0 Å². The van der Waals surface area contributed by atoms with E-state index in [2.05, 4.69) is 20.2 Å². The monoisotopic (exact) mass is 438 g/mol. The molecule has 2 aromatic heterocycles. The van der Waals surface area contributed by atoms with E-state index in [9.17, 15) is 18.0 Å². The Bertz CT molecular complexity index is 851. The number of nitrogens with one attached hydrogen (secondary N) is 1. The van der Waals surface area contributed by atoms with Crippen LogP contribution >= 0.6 is 0 Å². The van der Waals surface area contributed by atoms with Crippen molar-refractivity contribution in [1.82, 2.24) is 30.0 Å². The van der Waals surface area contributed by atoms with Gasteiger partial charge in [-0.15, -0.1) is 0 Å². The Balaban J connectivity index is 1.17. The quantitative estimate of drug-likeness (QED) is 0.775. The van der Waals surface area contributed by atoms with Gasteiger partial charge in [0, 0.05) is 44.9 Å². The normalized spacial score (nSPS) is 20.4. The van der Waals surface area contributed by atoms with Crippen LogP contribution in [-0.2, 0) is 17.5 Å². The van der Waals surface area contributed by atoms with Gasteiger partial charge in [0.05, 0.1) is 6.61 Å². The van der Waals surface area contributed by atoms with Gasteiger partial charge in [0.25, 0.3) is 0 Å². The smallest absolute Gasteiger partial charge is 0.376 e. The lowest BCUT2D eigenvalue weighted by Gasteiger charge is -2.34. The Hall–Kier alpha value is -2.69. The number of hydrogen-bond donors (Lipinski definition) is 1. The number of alkyl halides is 3. The van der Waals surface area contributed by atoms with Crippen LogP contribution in [0.15, 0.2) is 24.7 Å². The van der Waals surface area contributed by atoms with Crippen molar-refractivity contribution < 1.29 is 22.7 Å². The van der Waals surface area contributed by atoms with Crippen LogP contribution in [0.2, 0.25) is 0 Å². The van der Waals surface area contributed by atoms with E-state index >= 15 is 0 Å². The van der Waals surface area contributed by atoms with Crippen molar-refractivity contribution in [3.8, 4) is 0 Å². The average molecular weight is 438 g/mol. The van der Waals surface area contributed by atoms with Crippen LogP contribution in [0.5, 0.6) is 0 Å². The van der Waals surface area contributed by atoms with Gasteiger partial charge in [-0.3, -0.25) is 10.1 Å². The van der Waals surface area contributed by atoms with Crippen LogP contribution in [0, 0.1) is 5.92 Å². The average Bonchev–Trinajstić information content (AvgIpc) is 3.45. The Kier molecular flexibility index (Phi) is 6.40. The van der Waals surface area contributed by atoms with Crippen molar-refractivity contribution in [3.63, 3.8) is 0 Å². The summed E-state index contributed by atoms with van der Waals surface area (Å²) in [6.45, 7) is 3.46. The largest absolute Gasteiger partial charge is 0.433 e. The van der Waals surface area contributed by atoms with Crippen molar-refractivity contribution in [1.29, 1.82) is 0 Å². The minimum Gasteiger partial charge on any atom is -0.376 e. The van der Waals surface area contributed by atoms with Crippen molar-refractivity contribution in [3.05, 3.63) is 41.7 Å². The zero-order chi connectivity index (χ0) is 21.8. The highest BCUT2D eigenvalue weighted by atomic mass is 19.4. The maximum Gasteiger partial charge on any atom is 0.433 e. The first kappa shape index (κ1) is 21.5. The Labute approximate surface area is 177 Å². The van der Waals surface area contributed by atoms with Gasteiger partial charge in [-0.1, -0.05) is 6.07 Å². The van der Waals surface area contributed by atoms with E-state index in [4.69, 9.17) is 4.74 Å². The van der Waals surface area contributed by atoms with E-state index in [0.717, 1.165) is 31.2 Å². The topological polar surface area (TPSA) is 87.2 Å². The number of urea groups is 1. The number of carbonyl (C=O) groups excluding carboxylic acids is 1. The molecule has 0 unspecified atom stereocenters. The molecular weight excluding hydrogens is 413 g/mol. The summed E-state index contributed by atoms with van der Waals surface area (Å²) >= 11 is 0. The van der Waals surface area contributed by atoms with E-state index in [0.29, 0.717) is 44.3 Å². The molecule has 1 N–H and O–H groups in total. The second-order valence-electron chi connectivity index (χ2n) is 8.08. The lowest BCUT2D eigenvalue weighted by molar-refractivity contribution is -0.141. The van der Waals surface area contributed by atoms with Crippen LogP contribution in [0.1, 0.15) is 42.3 Å². The summed E-state index contributed by atoms with van der Waals surface area (Å²) in [4.78, 5) is 24.2. The molecule has 4 rings (SSSR count). The molecule has 2 aliphatic heterocycles. The van der Waals surface area contributed by atoms with Crippen LogP contribution < -0.4 is 0 Å². The number of rotatable bonds is 5. The summed E-state index contributed by atoms with van der Waals surface area (Å²) < 4.78 is 43.3. The predicted molar refractivity (Wildman–Crippen MR) is 104 cm³/mol. The molecule has 1 atom stereocenters. The maximum absolute atomic E-state index is 12.8. The molecule has 2 aliphatic rings. The number of ether oxygens (including phenoxy) is 1. The summed E-state index contributed by atoms with van der Waals surface area (Å²) in [6.07, 6.45) is 0.820. The molecule has 0 radical (unpaired) electrons. The van der Waals surface area contributed by atoms with Crippen LogP contribution in [0.25, 0.3) is 0 Å². The first-order valence-electron chi connectivity index (χ1n) is 10.4. The summed E-state index contributed by atoms with van der Waals surface area (Å²) in [5.74, 6) is 1.36. The molecule has 2 amide bonds. The molecule has 2 aromatic rings. The fourth-order valence-electron chi connectivity index (χ4n) is 4.08. The van der Waals surface area contributed by atoms with Gasteiger partial charge < -0.3 is 14.5 Å². The molecule has 2 fully saturated rings. The Morgan fingerprint density at radius 1 is 1.13 bits per heavy atom. The van der Waals surface area contributed by atoms with E-state index in [1.54, 1.807) is 0 Å². The fraction of sp³-hybridized carbons (Fsp3) is 0.600. The van der Waals surface area contributed by atoms with Crippen molar-refractivity contribution in [2.24, 2.45) is 5.92 Å². The van der Waals surface area contributed by atoms with Crippen molar-refractivity contribution in [2.45, 2.75) is 38.0 Å². The van der Waals surface area contributed by atoms with Gasteiger partial charge in [-0.25, -0.2) is 9.78 Å². The SMILES string of the molecule is O=C(N1CCC(COCc2ccc(C(F)(F)F)nc2)CC1)N1CC[C@H](c2ncn[nH]2)C1. The summed E-state index contributed by atoms with van der Waals surface area (Å²) in [6, 6.07) is 2.42. The number of halogens is 3. The number of aromatic amines is 1. The second-order valence-corrected chi connectivity index (χ2v) is 8.08. The molecule has 0 bridgehead atoms. The van der Waals surface area contributed by atoms with Crippen LogP contribution in [-0.4, -0.2) is 68.8 Å². The minimum atomic E-state index is -4.43. The van der Waals surface area contributed by atoms with E-state index in [1.807, 2.05) is 9.80 Å². The number of hydrogen-bond acceptors (Lipinski definition) is 5. The molecule has 2 saturated heterocycles. The first-order valence-corrected chi connectivity index (χ1v) is 10.4. The number of nitrogens with zero attached hydrogens (tertiary/aromatic N) is 5. The molecule has 168 valence electrons. The third kappa shape index (κ3) is 5.33. The van der Waals surface area contributed by atoms with Gasteiger partial charge in [0.1, 0.15) is 17.8 Å². The van der Waals surface area contributed by atoms with Gasteiger partial charge in [-0.05, 0) is 36.8 Å². The van der Waals surface area contributed by atoms with Crippen LogP contribution in [0.3, 0.4) is 0 Å². The fourth-order valence-corrected chi connectivity index (χ4v) is 4.08. The van der Waals surface area contributed by atoms with Gasteiger partial charge in [0.2, 0.25) is 0 Å². The third-order valence-electron chi connectivity index (χ3n) is 5.90. The van der Waals surface area contributed by atoms with Crippen LogP contribution in [0.4, 0.5) is 18.0 Å².